The molecule has 4 atom stereocenters. The maximum Gasteiger partial charge on any atom is 0.417 e. The summed E-state index contributed by atoms with van der Waals surface area (Å²) in [7, 11) is 0. The maximum absolute atomic E-state index is 13.6. The topological polar surface area (TPSA) is 191 Å². The number of cyclic esters (lactones) is 2. The van der Waals surface area contributed by atoms with Gasteiger partial charge >= 0.3 is 12.2 Å². The Morgan fingerprint density at radius 1 is 0.682 bits per heavy atom. The Labute approximate surface area is 251 Å². The van der Waals surface area contributed by atoms with Crippen LogP contribution in [0.25, 0.3) is 20.9 Å². The van der Waals surface area contributed by atoms with Gasteiger partial charge in [0, 0.05) is 9.82 Å². The quantitative estimate of drug-likeness (QED) is 0.167. The van der Waals surface area contributed by atoms with Gasteiger partial charge in [-0.3, -0.25) is 9.59 Å². The highest BCUT2D eigenvalue weighted by molar-refractivity contribution is 5.98. The van der Waals surface area contributed by atoms with Crippen LogP contribution in [0, 0.1) is 0 Å². The number of benzene rings is 3. The molecule has 2 saturated heterocycles. The Hall–Kier alpha value is -5.84. The molecule has 222 valence electrons. The molecule has 3 aromatic carbocycles. The number of hydrogen-bond acceptors (Lipinski definition) is 8. The normalized spacial score (nSPS) is 18.8. The van der Waals surface area contributed by atoms with E-state index >= 15 is 0 Å². The summed E-state index contributed by atoms with van der Waals surface area (Å²) in [6.45, 7) is -0.0247. The zero-order valence-electron chi connectivity index (χ0n) is 23.2. The molecular weight excluding hydrogens is 568 g/mol. The molecule has 0 radical (unpaired) electrons. The largest absolute Gasteiger partial charge is 0.447 e. The highest BCUT2D eigenvalue weighted by atomic mass is 16.6. The average molecular weight is 595 g/mol. The number of amides is 4. The van der Waals surface area contributed by atoms with Gasteiger partial charge in [-0.05, 0) is 46.2 Å². The van der Waals surface area contributed by atoms with Crippen LogP contribution >= 0.6 is 0 Å². The Kier molecular flexibility index (Phi) is 9.05. The third-order valence-corrected chi connectivity index (χ3v) is 7.40. The van der Waals surface area contributed by atoms with Crippen molar-refractivity contribution in [3.8, 4) is 0 Å². The van der Waals surface area contributed by atoms with Crippen molar-refractivity contribution in [2.75, 3.05) is 13.2 Å². The summed E-state index contributed by atoms with van der Waals surface area (Å²) in [5.74, 6) is -1.55. The van der Waals surface area contributed by atoms with Gasteiger partial charge in [-0.2, -0.15) is 0 Å². The molecule has 0 aromatic heterocycles. The predicted molar refractivity (Wildman–Crippen MR) is 154 cm³/mol. The molecular formula is C30H26N8O6. The van der Waals surface area contributed by atoms with Crippen LogP contribution in [-0.2, 0) is 31.9 Å². The van der Waals surface area contributed by atoms with Crippen LogP contribution in [0.2, 0.25) is 0 Å². The van der Waals surface area contributed by atoms with E-state index in [4.69, 9.17) is 9.47 Å². The van der Waals surface area contributed by atoms with Crippen molar-refractivity contribution in [2.45, 2.75) is 37.0 Å². The number of nitrogens with zero attached hydrogens (tertiary/aromatic N) is 8. The first-order chi connectivity index (χ1) is 21.4. The van der Waals surface area contributed by atoms with Crippen LogP contribution in [0.5, 0.6) is 0 Å². The van der Waals surface area contributed by atoms with Crippen LogP contribution in [-0.4, -0.2) is 59.1 Å². The second-order valence-corrected chi connectivity index (χ2v) is 10.1. The van der Waals surface area contributed by atoms with E-state index in [2.05, 4.69) is 20.1 Å². The van der Waals surface area contributed by atoms with Crippen LogP contribution < -0.4 is 0 Å². The lowest BCUT2D eigenvalue weighted by Gasteiger charge is -2.24. The van der Waals surface area contributed by atoms with Crippen molar-refractivity contribution in [3.05, 3.63) is 128 Å². The second-order valence-electron chi connectivity index (χ2n) is 10.1. The molecule has 2 fully saturated rings. The molecule has 14 nitrogen and oxygen atoms in total. The zero-order valence-corrected chi connectivity index (χ0v) is 23.2. The second kappa shape index (κ2) is 13.4. The first-order valence-corrected chi connectivity index (χ1v) is 13.7. The Morgan fingerprint density at radius 3 is 1.39 bits per heavy atom. The van der Waals surface area contributed by atoms with Crippen LogP contribution in [0.4, 0.5) is 9.59 Å². The van der Waals surface area contributed by atoms with Crippen molar-refractivity contribution in [1.82, 2.24) is 9.80 Å². The van der Waals surface area contributed by atoms with E-state index in [-0.39, 0.29) is 24.3 Å². The summed E-state index contributed by atoms with van der Waals surface area (Å²) >= 11 is 0. The summed E-state index contributed by atoms with van der Waals surface area (Å²) in [6, 6.07) is 20.2. The number of imide groups is 2. The van der Waals surface area contributed by atoms with Crippen molar-refractivity contribution < 1.29 is 28.7 Å². The van der Waals surface area contributed by atoms with Gasteiger partial charge in [0.15, 0.2) is 0 Å². The van der Waals surface area contributed by atoms with E-state index in [1.54, 1.807) is 0 Å². The molecule has 0 bridgehead atoms. The number of hydrogen-bond donors (Lipinski definition) is 0. The fraction of sp³-hybridized carbons (Fsp3) is 0.267. The predicted octanol–water partition coefficient (Wildman–Crippen LogP) is 5.57. The van der Waals surface area contributed by atoms with Crippen LogP contribution in [0.15, 0.2) is 95.2 Å². The lowest BCUT2D eigenvalue weighted by molar-refractivity contribution is -0.131. The summed E-state index contributed by atoms with van der Waals surface area (Å²) in [6.07, 6.45) is -0.995. The van der Waals surface area contributed by atoms with Crippen molar-refractivity contribution in [1.29, 1.82) is 0 Å². The summed E-state index contributed by atoms with van der Waals surface area (Å²) < 4.78 is 10.3. The highest BCUT2D eigenvalue weighted by Crippen LogP contribution is 2.30. The number of carbonyl (C=O) groups excluding carboxylic acids is 4. The molecule has 0 spiro atoms. The van der Waals surface area contributed by atoms with E-state index < -0.39 is 48.2 Å². The average Bonchev–Trinajstić information content (AvgIpc) is 3.60. The molecule has 3 aromatic rings. The molecule has 2 heterocycles. The van der Waals surface area contributed by atoms with E-state index in [1.807, 2.05) is 60.7 Å². The molecule has 0 saturated carbocycles. The maximum atomic E-state index is 13.6. The molecule has 14 heteroatoms. The lowest BCUT2D eigenvalue weighted by atomic mass is 9.99. The lowest BCUT2D eigenvalue weighted by Crippen LogP contribution is -2.42. The van der Waals surface area contributed by atoms with E-state index in [1.165, 1.54) is 24.3 Å². The van der Waals surface area contributed by atoms with Gasteiger partial charge in [-0.1, -0.05) is 95.2 Å². The first kappa shape index (κ1) is 29.6. The van der Waals surface area contributed by atoms with Gasteiger partial charge in [-0.15, -0.1) is 0 Å². The Morgan fingerprint density at radius 2 is 1.05 bits per heavy atom. The number of ether oxygens (including phenoxy) is 2. The minimum atomic E-state index is -1.42. The fourth-order valence-electron chi connectivity index (χ4n) is 5.28. The third-order valence-electron chi connectivity index (χ3n) is 7.40. The third kappa shape index (κ3) is 6.31. The van der Waals surface area contributed by atoms with Crippen molar-refractivity contribution in [3.63, 3.8) is 0 Å². The molecule has 5 rings (SSSR count). The van der Waals surface area contributed by atoms with Gasteiger partial charge in [0.25, 0.3) is 0 Å². The Bertz CT molecular complexity index is 1520. The SMILES string of the molecule is [N-]=[N+]=N[C@H](C(=O)N1C(=O)OC[C@@H]1Cc1ccccc1)c1ccc([C@H](N=[N+]=[N-])C(=O)N2C(=O)OC[C@@H]2Cc2ccccc2)cc1. The monoisotopic (exact) mass is 594 g/mol. The van der Waals surface area contributed by atoms with E-state index in [0.717, 1.165) is 20.9 Å². The van der Waals surface area contributed by atoms with Gasteiger partial charge in [0.1, 0.15) is 25.3 Å². The molecule has 0 aliphatic carbocycles. The van der Waals surface area contributed by atoms with Gasteiger partial charge in [0.05, 0.1) is 12.1 Å². The first-order valence-electron chi connectivity index (χ1n) is 13.7. The van der Waals surface area contributed by atoms with Gasteiger partial charge in [-0.25, -0.2) is 19.4 Å². The molecule has 2 aliphatic heterocycles. The molecule has 0 unspecified atom stereocenters. The molecule has 4 amide bonds. The van der Waals surface area contributed by atoms with Crippen molar-refractivity contribution in [2.24, 2.45) is 10.2 Å². The van der Waals surface area contributed by atoms with Gasteiger partial charge < -0.3 is 9.47 Å². The minimum Gasteiger partial charge on any atom is -0.447 e. The standard InChI is InChI=1S/C30H26N8O6/c31-35-33-25(27(39)37-23(17-43-29(37)41)15-19-7-3-1-4-8-19)21-11-13-22(14-12-21)26(34-36-32)28(40)38-24(18-44-30(38)42)16-20-9-5-2-6-10-20/h1-14,23-26H,15-18H2/t23-,24-,25-,26-/m0/s1. The minimum absolute atomic E-state index is 0.0124. The summed E-state index contributed by atoms with van der Waals surface area (Å²) in [5.41, 5.74) is 20.7. The number of rotatable bonds is 10. The number of azide groups is 2. The highest BCUT2D eigenvalue weighted by Gasteiger charge is 2.42. The van der Waals surface area contributed by atoms with E-state index in [9.17, 15) is 30.2 Å². The number of carbonyl (C=O) groups is 4. The molecule has 44 heavy (non-hydrogen) atoms. The summed E-state index contributed by atoms with van der Waals surface area (Å²) in [5, 5.41) is 7.29. The molecule has 0 N–H and O–H groups in total. The summed E-state index contributed by atoms with van der Waals surface area (Å²) in [4.78, 5) is 59.8. The fourth-order valence-corrected chi connectivity index (χ4v) is 5.28. The van der Waals surface area contributed by atoms with E-state index in [0.29, 0.717) is 12.8 Å². The molecule has 2 aliphatic rings. The smallest absolute Gasteiger partial charge is 0.417 e. The van der Waals surface area contributed by atoms with Crippen LogP contribution in [0.1, 0.15) is 34.3 Å². The van der Waals surface area contributed by atoms with Crippen molar-refractivity contribution >= 4 is 24.0 Å². The van der Waals surface area contributed by atoms with Crippen LogP contribution in [0.3, 0.4) is 0 Å². The van der Waals surface area contributed by atoms with Gasteiger partial charge in [0.2, 0.25) is 11.8 Å². The Balaban J connectivity index is 1.37. The zero-order chi connectivity index (χ0) is 31.1.